The van der Waals surface area contributed by atoms with Crippen molar-refractivity contribution in [3.63, 3.8) is 0 Å². The average molecular weight is 421 g/mol. The molecule has 4 heteroatoms. The maximum Gasteiger partial charge on any atom is 0.200 e. The zero-order valence-electron chi connectivity index (χ0n) is 20.2. The fourth-order valence-electron chi connectivity index (χ4n) is 6.28. The Balaban J connectivity index is 2.43. The van der Waals surface area contributed by atoms with Crippen LogP contribution in [0.4, 0.5) is 0 Å². The van der Waals surface area contributed by atoms with Crippen LogP contribution < -0.4 is 0 Å². The summed E-state index contributed by atoms with van der Waals surface area (Å²) in [5, 5.41) is 12.1. The van der Waals surface area contributed by atoms with Crippen LogP contribution in [0.15, 0.2) is 36.0 Å². The fourth-order valence-corrected chi connectivity index (χ4v) is 11.7. The zero-order valence-corrected chi connectivity index (χ0v) is 21.2. The molecule has 29 heavy (non-hydrogen) atoms. The molecule has 5 atom stereocenters. The molecule has 1 N–H and O–H groups in total. The van der Waals surface area contributed by atoms with Crippen LogP contribution in [0.2, 0.25) is 16.6 Å². The van der Waals surface area contributed by atoms with Gasteiger partial charge in [-0.2, -0.15) is 0 Å². The lowest BCUT2D eigenvalue weighted by atomic mass is 9.64. The lowest BCUT2D eigenvalue weighted by Crippen LogP contribution is -2.55. The summed E-state index contributed by atoms with van der Waals surface area (Å²) < 4.78 is 13.4. The number of rotatable bonds is 8. The molecule has 1 aliphatic heterocycles. The molecule has 0 saturated carbocycles. The van der Waals surface area contributed by atoms with E-state index >= 15 is 0 Å². The Labute approximate surface area is 180 Å². The van der Waals surface area contributed by atoms with E-state index in [0.717, 1.165) is 23.1 Å². The maximum atomic E-state index is 12.1. The van der Waals surface area contributed by atoms with Crippen molar-refractivity contribution in [1.29, 1.82) is 0 Å². The molecule has 0 aromatic heterocycles. The predicted molar refractivity (Wildman–Crippen MR) is 126 cm³/mol. The van der Waals surface area contributed by atoms with Crippen molar-refractivity contribution in [2.24, 2.45) is 11.8 Å². The molecule has 0 radical (unpaired) electrons. The quantitative estimate of drug-likeness (QED) is 0.364. The molecule has 0 amide bonds. The number of hydrogen-bond donors (Lipinski definition) is 1. The van der Waals surface area contributed by atoms with Crippen molar-refractivity contribution < 1.29 is 14.3 Å². The lowest BCUT2D eigenvalue weighted by molar-refractivity contribution is -0.0573. The molecule has 0 spiro atoms. The van der Waals surface area contributed by atoms with Crippen molar-refractivity contribution in [3.05, 3.63) is 36.0 Å². The van der Waals surface area contributed by atoms with Gasteiger partial charge in [0.1, 0.15) is 11.7 Å². The zero-order chi connectivity index (χ0) is 22.3. The largest absolute Gasteiger partial charge is 0.413 e. The number of ether oxygens (including phenoxy) is 1. The highest BCUT2D eigenvalue weighted by Gasteiger charge is 2.61. The summed E-state index contributed by atoms with van der Waals surface area (Å²) in [6, 6.07) is 0. The van der Waals surface area contributed by atoms with Gasteiger partial charge in [-0.3, -0.25) is 0 Å². The predicted octanol–water partition coefficient (Wildman–Crippen LogP) is 6.41. The van der Waals surface area contributed by atoms with E-state index in [2.05, 4.69) is 67.7 Å². The van der Waals surface area contributed by atoms with Crippen molar-refractivity contribution >= 4 is 8.32 Å². The van der Waals surface area contributed by atoms with Crippen molar-refractivity contribution in [2.45, 2.75) is 103 Å². The van der Waals surface area contributed by atoms with E-state index in [0.29, 0.717) is 23.2 Å². The Morgan fingerprint density at radius 1 is 1.14 bits per heavy atom. The second-order valence-corrected chi connectivity index (χ2v) is 15.9. The number of hydrogen-bond acceptors (Lipinski definition) is 3. The summed E-state index contributed by atoms with van der Waals surface area (Å²) in [6.45, 7) is 28.7. The van der Waals surface area contributed by atoms with E-state index in [1.54, 1.807) is 0 Å². The molecule has 166 valence electrons. The second kappa shape index (κ2) is 8.82. The van der Waals surface area contributed by atoms with Gasteiger partial charge in [-0.25, -0.2) is 0 Å². The van der Waals surface area contributed by atoms with E-state index in [1.807, 2.05) is 13.8 Å². The molecule has 1 aliphatic carbocycles. The van der Waals surface area contributed by atoms with Crippen LogP contribution in [0.5, 0.6) is 0 Å². The molecule has 0 bridgehead atoms. The first-order valence-corrected chi connectivity index (χ1v) is 13.5. The minimum atomic E-state index is -2.05. The van der Waals surface area contributed by atoms with Crippen LogP contribution >= 0.6 is 0 Å². The van der Waals surface area contributed by atoms with E-state index in [9.17, 15) is 5.11 Å². The normalized spacial score (nSPS) is 32.7. The molecule has 0 aromatic rings. The summed E-state index contributed by atoms with van der Waals surface area (Å²) >= 11 is 0. The molecule has 2 aliphatic rings. The van der Waals surface area contributed by atoms with E-state index in [4.69, 9.17) is 9.16 Å². The van der Waals surface area contributed by atoms with Gasteiger partial charge in [0, 0.05) is 5.92 Å². The minimum absolute atomic E-state index is 0.0516. The van der Waals surface area contributed by atoms with Crippen molar-refractivity contribution in [1.82, 2.24) is 0 Å². The Bertz CT molecular complexity index is 641. The highest BCUT2D eigenvalue weighted by molar-refractivity contribution is 6.77. The SMILES string of the molecule is C=C(C)[C@H]1CC=C(C)[C@@]2(O)[C@@H]1[C@H](C(=C)C)O[C@@H]2CO[Si](C(C)C)(C(C)C)C(C)C. The molecular formula is C25H44O3Si. The Hall–Kier alpha value is -0.683. The van der Waals surface area contributed by atoms with Gasteiger partial charge < -0.3 is 14.3 Å². The van der Waals surface area contributed by atoms with Gasteiger partial charge in [0.2, 0.25) is 0 Å². The van der Waals surface area contributed by atoms with Crippen LogP contribution in [0.1, 0.15) is 68.7 Å². The number of fused-ring (bicyclic) bond motifs is 1. The molecule has 3 nitrogen and oxygen atoms in total. The Morgan fingerprint density at radius 3 is 2.07 bits per heavy atom. The monoisotopic (exact) mass is 420 g/mol. The molecule has 1 heterocycles. The van der Waals surface area contributed by atoms with Gasteiger partial charge >= 0.3 is 0 Å². The molecule has 1 fully saturated rings. The third-order valence-corrected chi connectivity index (χ3v) is 13.8. The number of aliphatic hydroxyl groups is 1. The van der Waals surface area contributed by atoms with Crippen molar-refractivity contribution in [2.75, 3.05) is 6.61 Å². The molecule has 1 saturated heterocycles. The molecule has 0 unspecified atom stereocenters. The lowest BCUT2D eigenvalue weighted by Gasteiger charge is -2.45. The highest BCUT2D eigenvalue weighted by Crippen LogP contribution is 2.53. The van der Waals surface area contributed by atoms with E-state index in [1.165, 1.54) is 0 Å². The van der Waals surface area contributed by atoms with Gasteiger partial charge in [0.05, 0.1) is 12.7 Å². The summed E-state index contributed by atoms with van der Waals surface area (Å²) in [5.41, 5.74) is 3.53. The molecule has 2 rings (SSSR count). The first kappa shape index (κ1) is 24.6. The summed E-state index contributed by atoms with van der Waals surface area (Å²) in [4.78, 5) is 0. The third kappa shape index (κ3) is 3.98. The molecular weight excluding hydrogens is 376 g/mol. The first-order valence-electron chi connectivity index (χ1n) is 11.3. The fraction of sp³-hybridized carbons (Fsp3) is 0.760. The van der Waals surface area contributed by atoms with Crippen LogP contribution in [0.3, 0.4) is 0 Å². The molecule has 0 aromatic carbocycles. The topological polar surface area (TPSA) is 38.7 Å². The summed E-state index contributed by atoms with van der Waals surface area (Å²) in [7, 11) is -2.05. The van der Waals surface area contributed by atoms with Gasteiger partial charge in [-0.1, -0.05) is 71.9 Å². The minimum Gasteiger partial charge on any atom is -0.413 e. The van der Waals surface area contributed by atoms with Crippen molar-refractivity contribution in [3.8, 4) is 0 Å². The van der Waals surface area contributed by atoms with Gasteiger partial charge in [0.15, 0.2) is 8.32 Å². The van der Waals surface area contributed by atoms with Crippen LogP contribution in [-0.4, -0.2) is 37.8 Å². The summed E-state index contributed by atoms with van der Waals surface area (Å²) in [6.07, 6.45) is 2.52. The maximum absolute atomic E-state index is 12.1. The Morgan fingerprint density at radius 2 is 1.66 bits per heavy atom. The number of allylic oxidation sites excluding steroid dienone is 2. The van der Waals surface area contributed by atoms with Gasteiger partial charge in [0.25, 0.3) is 0 Å². The van der Waals surface area contributed by atoms with E-state index < -0.39 is 13.9 Å². The first-order chi connectivity index (χ1) is 13.3. The van der Waals surface area contributed by atoms with Crippen LogP contribution in [-0.2, 0) is 9.16 Å². The van der Waals surface area contributed by atoms with Gasteiger partial charge in [-0.05, 0) is 55.3 Å². The van der Waals surface area contributed by atoms with Crippen LogP contribution in [0.25, 0.3) is 0 Å². The van der Waals surface area contributed by atoms with Crippen LogP contribution in [0, 0.1) is 11.8 Å². The Kier molecular flexibility index (Phi) is 7.48. The highest BCUT2D eigenvalue weighted by atomic mass is 28.4. The van der Waals surface area contributed by atoms with E-state index in [-0.39, 0.29) is 24.0 Å². The summed E-state index contributed by atoms with van der Waals surface area (Å²) in [5.74, 6) is 0.141. The third-order valence-electron chi connectivity index (χ3n) is 7.69. The standard InChI is InChI=1S/C25H44O3Si/c1-15(2)21-13-12-20(11)25(26)22(28-24(16(3)4)23(21)25)14-27-29(17(5)6,18(7)8)19(9)10/h12,17-19,21-24,26H,1,3,13-14H2,2,4-11H3/t21-,22-,23+,24+,25+/m1/s1. The average Bonchev–Trinajstić information content (AvgIpc) is 2.89. The van der Waals surface area contributed by atoms with Gasteiger partial charge in [-0.15, -0.1) is 0 Å². The second-order valence-electron chi connectivity index (χ2n) is 10.4. The smallest absolute Gasteiger partial charge is 0.200 e.